The van der Waals surface area contributed by atoms with Crippen LogP contribution < -0.4 is 4.74 Å². The maximum absolute atomic E-state index is 10.3. The Bertz CT molecular complexity index is 1180. The van der Waals surface area contributed by atoms with E-state index in [1.54, 1.807) is 48.8 Å². The second-order valence-corrected chi connectivity index (χ2v) is 7.01. The summed E-state index contributed by atoms with van der Waals surface area (Å²) in [6.45, 7) is 0. The van der Waals surface area contributed by atoms with E-state index in [9.17, 15) is 10.2 Å². The van der Waals surface area contributed by atoms with Crippen LogP contribution in [-0.2, 0) is 5.41 Å². The fourth-order valence-corrected chi connectivity index (χ4v) is 4.58. The molecule has 0 fully saturated rings. The van der Waals surface area contributed by atoms with Crippen molar-refractivity contribution in [2.45, 2.75) is 5.41 Å². The van der Waals surface area contributed by atoms with Crippen molar-refractivity contribution in [3.05, 3.63) is 95.3 Å². The Kier molecular flexibility index (Phi) is 2.78. The monoisotopic (exact) mass is 366 g/mol. The summed E-state index contributed by atoms with van der Waals surface area (Å²) in [6, 6.07) is 18.1. The van der Waals surface area contributed by atoms with Gasteiger partial charge in [0.25, 0.3) is 0 Å². The van der Waals surface area contributed by atoms with Crippen LogP contribution >= 0.6 is 0 Å². The van der Waals surface area contributed by atoms with Gasteiger partial charge < -0.3 is 14.9 Å². The van der Waals surface area contributed by atoms with E-state index < -0.39 is 5.41 Å². The fourth-order valence-electron chi connectivity index (χ4n) is 4.58. The molecule has 0 bridgehead atoms. The molecular formula is C23H14N2O3. The number of aromatic nitrogens is 2. The van der Waals surface area contributed by atoms with Crippen molar-refractivity contribution >= 4 is 0 Å². The summed E-state index contributed by atoms with van der Waals surface area (Å²) in [5.41, 5.74) is 4.30. The van der Waals surface area contributed by atoms with E-state index >= 15 is 0 Å². The molecule has 2 aromatic heterocycles. The lowest BCUT2D eigenvalue weighted by atomic mass is 9.66. The molecular weight excluding hydrogens is 352 g/mol. The van der Waals surface area contributed by atoms with Gasteiger partial charge in [0.2, 0.25) is 0 Å². The second kappa shape index (κ2) is 5.10. The zero-order valence-electron chi connectivity index (χ0n) is 14.6. The molecule has 0 unspecified atom stereocenters. The standard InChI is InChI=1S/C23H14N2O3/c26-13-5-7-19-17(11-13)23(18-12-14(27)6-8-20(18)28-19)15-3-1-9-24-21(15)22-16(23)4-2-10-25-22/h1-12,26-27H. The molecule has 0 radical (unpaired) electrons. The van der Waals surface area contributed by atoms with Crippen molar-refractivity contribution in [1.29, 1.82) is 0 Å². The van der Waals surface area contributed by atoms with Crippen LogP contribution in [0.3, 0.4) is 0 Å². The van der Waals surface area contributed by atoms with E-state index in [0.717, 1.165) is 33.6 Å². The number of hydrogen-bond acceptors (Lipinski definition) is 5. The van der Waals surface area contributed by atoms with Gasteiger partial charge in [0.15, 0.2) is 0 Å². The highest BCUT2D eigenvalue weighted by molar-refractivity contribution is 5.85. The summed E-state index contributed by atoms with van der Waals surface area (Å²) >= 11 is 0. The van der Waals surface area contributed by atoms with Crippen molar-refractivity contribution in [3.63, 3.8) is 0 Å². The van der Waals surface area contributed by atoms with Gasteiger partial charge in [0.1, 0.15) is 23.0 Å². The largest absolute Gasteiger partial charge is 0.508 e. The first-order chi connectivity index (χ1) is 13.7. The van der Waals surface area contributed by atoms with Gasteiger partial charge in [-0.3, -0.25) is 9.97 Å². The summed E-state index contributed by atoms with van der Waals surface area (Å²) in [5, 5.41) is 20.6. The second-order valence-electron chi connectivity index (χ2n) is 7.01. The maximum atomic E-state index is 10.3. The number of phenols is 2. The normalized spacial score (nSPS) is 14.6. The molecule has 2 aromatic carbocycles. The molecule has 1 spiro atoms. The van der Waals surface area contributed by atoms with Gasteiger partial charge in [-0.2, -0.15) is 0 Å². The molecule has 5 heteroatoms. The first-order valence-electron chi connectivity index (χ1n) is 8.96. The molecule has 1 aliphatic carbocycles. The molecule has 0 saturated heterocycles. The lowest BCUT2D eigenvalue weighted by Gasteiger charge is -2.38. The molecule has 4 aromatic rings. The van der Waals surface area contributed by atoms with Crippen molar-refractivity contribution in [3.8, 4) is 34.4 Å². The van der Waals surface area contributed by atoms with Crippen molar-refractivity contribution in [1.82, 2.24) is 9.97 Å². The number of pyridine rings is 2. The van der Waals surface area contributed by atoms with Gasteiger partial charge in [0.05, 0.1) is 16.8 Å². The minimum absolute atomic E-state index is 0.146. The molecule has 2 N–H and O–H groups in total. The number of nitrogens with zero attached hydrogens (tertiary/aromatic N) is 2. The Morgan fingerprint density at radius 2 is 1.14 bits per heavy atom. The van der Waals surface area contributed by atoms with Gasteiger partial charge in [-0.25, -0.2) is 0 Å². The number of benzene rings is 2. The topological polar surface area (TPSA) is 75.5 Å². The molecule has 1 aliphatic heterocycles. The molecule has 3 heterocycles. The third-order valence-corrected chi connectivity index (χ3v) is 5.60. The number of hydrogen-bond donors (Lipinski definition) is 2. The van der Waals surface area contributed by atoms with Crippen LogP contribution in [0.1, 0.15) is 22.3 Å². The lowest BCUT2D eigenvalue weighted by molar-refractivity contribution is 0.422. The van der Waals surface area contributed by atoms with Gasteiger partial charge in [-0.15, -0.1) is 0 Å². The lowest BCUT2D eigenvalue weighted by Crippen LogP contribution is -2.32. The van der Waals surface area contributed by atoms with Crippen LogP contribution in [0.5, 0.6) is 23.0 Å². The van der Waals surface area contributed by atoms with Gasteiger partial charge >= 0.3 is 0 Å². The average Bonchev–Trinajstić information content (AvgIpc) is 3.01. The number of phenolic OH excluding ortho intramolecular Hbond substituents is 2. The van der Waals surface area contributed by atoms with E-state index in [-0.39, 0.29) is 11.5 Å². The molecule has 6 rings (SSSR count). The summed E-state index contributed by atoms with van der Waals surface area (Å²) in [7, 11) is 0. The molecule has 0 saturated carbocycles. The van der Waals surface area contributed by atoms with Gasteiger partial charge in [-0.05, 0) is 59.7 Å². The minimum Gasteiger partial charge on any atom is -0.508 e. The average molecular weight is 366 g/mol. The molecule has 0 atom stereocenters. The number of fused-ring (bicyclic) bond motifs is 9. The zero-order valence-corrected chi connectivity index (χ0v) is 14.6. The fraction of sp³-hybridized carbons (Fsp3) is 0.0435. The smallest absolute Gasteiger partial charge is 0.132 e. The van der Waals surface area contributed by atoms with E-state index in [0.29, 0.717) is 11.5 Å². The van der Waals surface area contributed by atoms with Crippen LogP contribution in [0.4, 0.5) is 0 Å². The highest BCUT2D eigenvalue weighted by Crippen LogP contribution is 2.61. The quantitative estimate of drug-likeness (QED) is 0.418. The first kappa shape index (κ1) is 15.2. The maximum Gasteiger partial charge on any atom is 0.132 e. The summed E-state index contributed by atoms with van der Waals surface area (Å²) < 4.78 is 6.14. The van der Waals surface area contributed by atoms with E-state index in [4.69, 9.17) is 4.74 Å². The molecule has 134 valence electrons. The molecule has 28 heavy (non-hydrogen) atoms. The SMILES string of the molecule is Oc1ccc2c(c1)C1(c3cc(O)ccc3O2)c2cccnc2-c2ncccc21. The van der Waals surface area contributed by atoms with Gasteiger partial charge in [-0.1, -0.05) is 12.1 Å². The summed E-state index contributed by atoms with van der Waals surface area (Å²) in [6.07, 6.45) is 3.50. The molecule has 0 amide bonds. The number of ether oxygens (including phenoxy) is 1. The van der Waals surface area contributed by atoms with Crippen molar-refractivity contribution in [2.75, 3.05) is 0 Å². The van der Waals surface area contributed by atoms with Gasteiger partial charge in [0, 0.05) is 23.5 Å². The van der Waals surface area contributed by atoms with Crippen LogP contribution in [-0.4, -0.2) is 20.2 Å². The van der Waals surface area contributed by atoms with Crippen molar-refractivity contribution in [2.24, 2.45) is 0 Å². The minimum atomic E-state index is -0.784. The van der Waals surface area contributed by atoms with E-state index in [1.165, 1.54) is 0 Å². The Labute approximate surface area is 160 Å². The summed E-state index contributed by atoms with van der Waals surface area (Å²) in [4.78, 5) is 9.23. The first-order valence-corrected chi connectivity index (χ1v) is 8.96. The highest BCUT2D eigenvalue weighted by Gasteiger charge is 2.52. The predicted molar refractivity (Wildman–Crippen MR) is 103 cm³/mol. The molecule has 2 aliphatic rings. The van der Waals surface area contributed by atoms with Crippen LogP contribution in [0.2, 0.25) is 0 Å². The Morgan fingerprint density at radius 1 is 0.643 bits per heavy atom. The third-order valence-electron chi connectivity index (χ3n) is 5.60. The Hall–Kier alpha value is -3.86. The zero-order chi connectivity index (χ0) is 18.9. The van der Waals surface area contributed by atoms with Crippen LogP contribution in [0.15, 0.2) is 73.1 Å². The van der Waals surface area contributed by atoms with Crippen LogP contribution in [0, 0.1) is 0 Å². The highest BCUT2D eigenvalue weighted by atomic mass is 16.5. The number of aromatic hydroxyl groups is 2. The predicted octanol–water partition coefficient (Wildman–Crippen LogP) is 4.36. The summed E-state index contributed by atoms with van der Waals surface area (Å²) in [5.74, 6) is 1.60. The van der Waals surface area contributed by atoms with Crippen molar-refractivity contribution < 1.29 is 14.9 Å². The Morgan fingerprint density at radius 3 is 1.64 bits per heavy atom. The Balaban J connectivity index is 1.86. The number of rotatable bonds is 0. The molecule has 5 nitrogen and oxygen atoms in total. The third kappa shape index (κ3) is 1.71. The van der Waals surface area contributed by atoms with E-state index in [2.05, 4.69) is 9.97 Å². The van der Waals surface area contributed by atoms with E-state index in [1.807, 2.05) is 24.3 Å². The van der Waals surface area contributed by atoms with Crippen LogP contribution in [0.25, 0.3) is 11.4 Å².